The van der Waals surface area contributed by atoms with E-state index < -0.39 is 0 Å². The Labute approximate surface area is 145 Å². The number of carbonyl (C=O) groups is 1. The van der Waals surface area contributed by atoms with Crippen LogP contribution >= 0.6 is 11.3 Å². The summed E-state index contributed by atoms with van der Waals surface area (Å²) < 4.78 is 6.34. The summed E-state index contributed by atoms with van der Waals surface area (Å²) in [6.45, 7) is 4.06. The highest BCUT2D eigenvalue weighted by atomic mass is 32.1. The van der Waals surface area contributed by atoms with Gasteiger partial charge in [0.2, 0.25) is 0 Å². The number of nitrogens with one attached hydrogen (secondary N) is 1. The normalized spacial score (nSPS) is 12.7. The van der Waals surface area contributed by atoms with E-state index in [1.807, 2.05) is 26.2 Å². The summed E-state index contributed by atoms with van der Waals surface area (Å²) in [5.41, 5.74) is 2.38. The highest BCUT2D eigenvalue weighted by Crippen LogP contribution is 2.32. The molecule has 0 aliphatic carbocycles. The van der Waals surface area contributed by atoms with E-state index in [9.17, 15) is 4.79 Å². The molecule has 0 saturated carbocycles. The summed E-state index contributed by atoms with van der Waals surface area (Å²) >= 11 is 1.73. The van der Waals surface area contributed by atoms with Crippen molar-refractivity contribution in [3.63, 3.8) is 0 Å². The Morgan fingerprint density at radius 1 is 1.33 bits per heavy atom. The van der Waals surface area contributed by atoms with Crippen molar-refractivity contribution in [3.05, 3.63) is 52.2 Å². The van der Waals surface area contributed by atoms with E-state index in [0.717, 1.165) is 0 Å². The van der Waals surface area contributed by atoms with Crippen molar-refractivity contribution in [3.8, 4) is 0 Å². The van der Waals surface area contributed by atoms with Crippen molar-refractivity contribution in [1.82, 2.24) is 15.4 Å². The number of thiophene rings is 1. The smallest absolute Gasteiger partial charge is 0.256 e. The van der Waals surface area contributed by atoms with Gasteiger partial charge in [-0.05, 0) is 50.3 Å². The van der Waals surface area contributed by atoms with Crippen LogP contribution < -0.4 is 5.32 Å². The van der Waals surface area contributed by atoms with Crippen LogP contribution in [0.4, 0.5) is 0 Å². The number of hydrogen-bond donors (Lipinski definition) is 1. The SMILES string of the molecule is Cc1noc(C)c1C(=O)NCC(c1csc2ccccc12)N(C)C. The first-order valence-electron chi connectivity index (χ1n) is 7.82. The first-order chi connectivity index (χ1) is 11.5. The molecule has 1 amide bonds. The predicted molar refractivity (Wildman–Crippen MR) is 96.6 cm³/mol. The van der Waals surface area contributed by atoms with E-state index in [1.54, 1.807) is 25.2 Å². The van der Waals surface area contributed by atoms with Gasteiger partial charge < -0.3 is 14.7 Å². The minimum absolute atomic E-state index is 0.102. The van der Waals surface area contributed by atoms with Gasteiger partial charge in [-0.3, -0.25) is 4.79 Å². The van der Waals surface area contributed by atoms with E-state index in [1.165, 1.54) is 15.6 Å². The van der Waals surface area contributed by atoms with Gasteiger partial charge in [0.25, 0.3) is 5.91 Å². The molecule has 24 heavy (non-hydrogen) atoms. The van der Waals surface area contributed by atoms with Crippen molar-refractivity contribution in [2.75, 3.05) is 20.6 Å². The first-order valence-corrected chi connectivity index (χ1v) is 8.70. The molecule has 3 aromatic rings. The molecule has 5 nitrogen and oxygen atoms in total. The van der Waals surface area contributed by atoms with Gasteiger partial charge in [-0.1, -0.05) is 23.4 Å². The number of aromatic nitrogens is 1. The zero-order valence-corrected chi connectivity index (χ0v) is 15.1. The zero-order valence-electron chi connectivity index (χ0n) is 14.3. The molecule has 1 unspecified atom stereocenters. The lowest BCUT2D eigenvalue weighted by Gasteiger charge is -2.24. The summed E-state index contributed by atoms with van der Waals surface area (Å²) in [5.74, 6) is 0.407. The molecule has 6 heteroatoms. The molecule has 2 heterocycles. The van der Waals surface area contributed by atoms with E-state index in [2.05, 4.69) is 32.9 Å². The number of aryl methyl sites for hydroxylation is 2. The van der Waals surface area contributed by atoms with E-state index >= 15 is 0 Å². The van der Waals surface area contributed by atoms with E-state index in [0.29, 0.717) is 23.6 Å². The molecule has 1 atom stereocenters. The van der Waals surface area contributed by atoms with Gasteiger partial charge in [-0.2, -0.15) is 0 Å². The summed E-state index contributed by atoms with van der Waals surface area (Å²) in [5, 5.41) is 10.3. The zero-order chi connectivity index (χ0) is 17.3. The minimum Gasteiger partial charge on any atom is -0.361 e. The Hall–Kier alpha value is -2.18. The molecule has 0 saturated heterocycles. The molecule has 126 valence electrons. The fourth-order valence-corrected chi connectivity index (χ4v) is 3.92. The number of hydrogen-bond acceptors (Lipinski definition) is 5. The van der Waals surface area contributed by atoms with Gasteiger partial charge >= 0.3 is 0 Å². The number of amides is 1. The number of nitrogens with zero attached hydrogens (tertiary/aromatic N) is 2. The Balaban J connectivity index is 1.82. The van der Waals surface area contributed by atoms with Crippen LogP contribution in [0.5, 0.6) is 0 Å². The lowest BCUT2D eigenvalue weighted by atomic mass is 10.0. The third kappa shape index (κ3) is 3.07. The molecular weight excluding hydrogens is 322 g/mol. The van der Waals surface area contributed by atoms with Crippen molar-refractivity contribution in [2.24, 2.45) is 0 Å². The Morgan fingerprint density at radius 3 is 2.75 bits per heavy atom. The molecular formula is C18H21N3O2S. The summed E-state index contributed by atoms with van der Waals surface area (Å²) in [6, 6.07) is 8.46. The molecule has 2 aromatic heterocycles. The number of carbonyl (C=O) groups excluding carboxylic acids is 1. The maximum absolute atomic E-state index is 12.5. The van der Waals surface area contributed by atoms with Crippen LogP contribution in [-0.2, 0) is 0 Å². The third-order valence-corrected chi connectivity index (χ3v) is 5.19. The molecule has 0 aliphatic rings. The number of rotatable bonds is 5. The van der Waals surface area contributed by atoms with Crippen LogP contribution in [0.2, 0.25) is 0 Å². The fraction of sp³-hybridized carbons (Fsp3) is 0.333. The summed E-state index contributed by atoms with van der Waals surface area (Å²) in [4.78, 5) is 14.6. The largest absolute Gasteiger partial charge is 0.361 e. The predicted octanol–water partition coefficient (Wildman–Crippen LogP) is 3.54. The average molecular weight is 343 g/mol. The number of fused-ring (bicyclic) bond motifs is 1. The van der Waals surface area contributed by atoms with E-state index in [-0.39, 0.29) is 11.9 Å². The highest BCUT2D eigenvalue weighted by molar-refractivity contribution is 7.17. The number of likely N-dealkylation sites (N-methyl/N-ethyl adjacent to an activating group) is 1. The van der Waals surface area contributed by atoms with Gasteiger partial charge in [-0.25, -0.2) is 0 Å². The molecule has 0 aliphatic heterocycles. The van der Waals surface area contributed by atoms with Gasteiger partial charge in [0.1, 0.15) is 11.3 Å². The second-order valence-electron chi connectivity index (χ2n) is 6.08. The second-order valence-corrected chi connectivity index (χ2v) is 6.99. The molecule has 1 aromatic carbocycles. The van der Waals surface area contributed by atoms with Crippen LogP contribution in [-0.4, -0.2) is 36.6 Å². The van der Waals surface area contributed by atoms with Crippen molar-refractivity contribution in [1.29, 1.82) is 0 Å². The van der Waals surface area contributed by atoms with Crippen LogP contribution in [0.15, 0.2) is 34.2 Å². The number of benzene rings is 1. The van der Waals surface area contributed by atoms with Crippen molar-refractivity contribution >= 4 is 27.3 Å². The van der Waals surface area contributed by atoms with Crippen LogP contribution in [0, 0.1) is 13.8 Å². The van der Waals surface area contributed by atoms with Crippen molar-refractivity contribution < 1.29 is 9.32 Å². The highest BCUT2D eigenvalue weighted by Gasteiger charge is 2.22. The first kappa shape index (κ1) is 16.7. The maximum Gasteiger partial charge on any atom is 0.256 e. The molecule has 0 spiro atoms. The Bertz CT molecular complexity index is 847. The second kappa shape index (κ2) is 6.75. The summed E-state index contributed by atoms with van der Waals surface area (Å²) in [6.07, 6.45) is 0. The average Bonchev–Trinajstić information content (AvgIpc) is 3.11. The van der Waals surface area contributed by atoms with Crippen molar-refractivity contribution in [2.45, 2.75) is 19.9 Å². The van der Waals surface area contributed by atoms with Gasteiger partial charge in [0, 0.05) is 11.2 Å². The van der Waals surface area contributed by atoms with Gasteiger partial charge in [-0.15, -0.1) is 11.3 Å². The topological polar surface area (TPSA) is 58.4 Å². The molecule has 0 bridgehead atoms. The van der Waals surface area contributed by atoms with Crippen LogP contribution in [0.3, 0.4) is 0 Å². The molecule has 3 rings (SSSR count). The van der Waals surface area contributed by atoms with Crippen LogP contribution in [0.1, 0.15) is 33.4 Å². The van der Waals surface area contributed by atoms with Gasteiger partial charge in [0.05, 0.1) is 11.7 Å². The lowest BCUT2D eigenvalue weighted by Crippen LogP contribution is -2.34. The Morgan fingerprint density at radius 2 is 2.08 bits per heavy atom. The standard InChI is InChI=1S/C18H21N3O2S/c1-11-17(12(2)23-20-11)18(22)19-9-15(21(3)4)14-10-24-16-8-6-5-7-13(14)16/h5-8,10,15H,9H2,1-4H3,(H,19,22). The van der Waals surface area contributed by atoms with Gasteiger partial charge in [0.15, 0.2) is 0 Å². The molecule has 1 N–H and O–H groups in total. The molecule has 0 radical (unpaired) electrons. The summed E-state index contributed by atoms with van der Waals surface area (Å²) in [7, 11) is 4.05. The monoisotopic (exact) mass is 343 g/mol. The van der Waals surface area contributed by atoms with E-state index in [4.69, 9.17) is 4.52 Å². The quantitative estimate of drug-likeness (QED) is 0.770. The molecule has 0 fully saturated rings. The fourth-order valence-electron chi connectivity index (χ4n) is 2.91. The lowest BCUT2D eigenvalue weighted by molar-refractivity contribution is 0.0940. The maximum atomic E-state index is 12.5. The Kier molecular flexibility index (Phi) is 4.69. The minimum atomic E-state index is -0.141. The van der Waals surface area contributed by atoms with Crippen LogP contribution in [0.25, 0.3) is 10.1 Å². The third-order valence-electron chi connectivity index (χ3n) is 4.21.